The van der Waals surface area contributed by atoms with Gasteiger partial charge in [0, 0.05) is 24.2 Å². The molecule has 6 atom stereocenters. The van der Waals surface area contributed by atoms with E-state index in [2.05, 4.69) is 24.0 Å². The van der Waals surface area contributed by atoms with Crippen LogP contribution in [0.3, 0.4) is 0 Å². The summed E-state index contributed by atoms with van der Waals surface area (Å²) >= 11 is 0. The van der Waals surface area contributed by atoms with Gasteiger partial charge in [0.15, 0.2) is 0 Å². The van der Waals surface area contributed by atoms with Gasteiger partial charge in [0.1, 0.15) is 18.0 Å². The standard InChI is InChI=1S/C23H30O4/c1-3-27-16-6-8-17-15(13-16)5-7-18-19-9-11-23(26,10-4-12-24)22(19,2)14-20(25)21(17)18/h5,13,17-19,21,24,26H,3,6-9,11-12,14H2,1-2H3/t17-,18-,19-,21+,22-,23-/m0/s1. The van der Waals surface area contributed by atoms with E-state index in [0.717, 1.165) is 31.4 Å². The SMILES string of the molecule is CCOC1=CC2=CC[C@@H]3[C@H](C(=O)C[C@@]4(C)[C@H]3CC[C@@]4(O)C#CCO)[C@H]2CC1. The molecule has 0 saturated heterocycles. The first-order valence-corrected chi connectivity index (χ1v) is 10.3. The molecule has 4 aliphatic rings. The zero-order valence-corrected chi connectivity index (χ0v) is 16.3. The molecule has 0 unspecified atom stereocenters. The summed E-state index contributed by atoms with van der Waals surface area (Å²) in [6.45, 7) is 4.47. The van der Waals surface area contributed by atoms with E-state index < -0.39 is 11.0 Å². The minimum atomic E-state index is -1.17. The third-order valence-corrected chi connectivity index (χ3v) is 7.69. The molecule has 4 nitrogen and oxygen atoms in total. The molecule has 4 heteroatoms. The van der Waals surface area contributed by atoms with Crippen molar-refractivity contribution in [3.63, 3.8) is 0 Å². The molecule has 2 N–H and O–H groups in total. The predicted molar refractivity (Wildman–Crippen MR) is 102 cm³/mol. The van der Waals surface area contributed by atoms with Crippen molar-refractivity contribution < 1.29 is 19.7 Å². The fourth-order valence-corrected chi connectivity index (χ4v) is 6.43. The van der Waals surface area contributed by atoms with Crippen LogP contribution in [0.25, 0.3) is 0 Å². The quantitative estimate of drug-likeness (QED) is 0.734. The van der Waals surface area contributed by atoms with Crippen LogP contribution in [0, 0.1) is 40.9 Å². The molecular formula is C23H30O4. The molecule has 0 spiro atoms. The number of carbonyl (C=O) groups excluding carboxylic acids is 1. The van der Waals surface area contributed by atoms with Crippen LogP contribution in [0.2, 0.25) is 0 Å². The van der Waals surface area contributed by atoms with Crippen LogP contribution in [0.4, 0.5) is 0 Å². The molecule has 0 aromatic heterocycles. The highest BCUT2D eigenvalue weighted by Crippen LogP contribution is 2.63. The second kappa shape index (κ2) is 6.79. The van der Waals surface area contributed by atoms with Crippen molar-refractivity contribution in [2.45, 2.75) is 58.0 Å². The first-order chi connectivity index (χ1) is 12.9. The average Bonchev–Trinajstić information content (AvgIpc) is 2.91. The molecule has 0 heterocycles. The predicted octanol–water partition coefficient (Wildman–Crippen LogP) is 3.00. The van der Waals surface area contributed by atoms with Crippen molar-refractivity contribution in [2.24, 2.45) is 29.1 Å². The summed E-state index contributed by atoms with van der Waals surface area (Å²) in [5, 5.41) is 20.3. The number of hydrogen-bond donors (Lipinski definition) is 2. The van der Waals surface area contributed by atoms with Crippen molar-refractivity contribution in [3.8, 4) is 11.8 Å². The number of Topliss-reactive ketones (excluding diaryl/α,β-unsaturated/α-hetero) is 1. The zero-order valence-electron chi connectivity index (χ0n) is 16.3. The first-order valence-electron chi connectivity index (χ1n) is 10.3. The molecule has 0 radical (unpaired) electrons. The van der Waals surface area contributed by atoms with E-state index in [1.165, 1.54) is 5.57 Å². The normalized spacial score (nSPS) is 42.7. The minimum absolute atomic E-state index is 0.0654. The number of rotatable bonds is 2. The summed E-state index contributed by atoms with van der Waals surface area (Å²) < 4.78 is 5.71. The maximum Gasteiger partial charge on any atom is 0.137 e. The Morgan fingerprint density at radius 3 is 2.93 bits per heavy atom. The van der Waals surface area contributed by atoms with Crippen LogP contribution >= 0.6 is 0 Å². The minimum Gasteiger partial charge on any atom is -0.498 e. The Kier molecular flexibility index (Phi) is 4.72. The van der Waals surface area contributed by atoms with Crippen molar-refractivity contribution >= 4 is 5.78 Å². The Hall–Kier alpha value is -1.57. The van der Waals surface area contributed by atoms with E-state index in [1.807, 2.05) is 13.8 Å². The highest BCUT2D eigenvalue weighted by Gasteiger charge is 2.64. The van der Waals surface area contributed by atoms with Crippen LogP contribution in [-0.2, 0) is 9.53 Å². The molecule has 0 aromatic carbocycles. The molecule has 2 saturated carbocycles. The summed E-state index contributed by atoms with van der Waals surface area (Å²) in [7, 11) is 0. The summed E-state index contributed by atoms with van der Waals surface area (Å²) in [5.41, 5.74) is -0.407. The number of ketones is 1. The summed E-state index contributed by atoms with van der Waals surface area (Å²) in [6.07, 6.45) is 9.11. The maximum atomic E-state index is 13.3. The van der Waals surface area contributed by atoms with Gasteiger partial charge in [-0.15, -0.1) is 0 Å². The van der Waals surface area contributed by atoms with Gasteiger partial charge in [-0.2, -0.15) is 0 Å². The first kappa shape index (κ1) is 18.8. The number of allylic oxidation sites excluding steroid dienone is 4. The monoisotopic (exact) mass is 370 g/mol. The number of aliphatic hydroxyl groups is 2. The van der Waals surface area contributed by atoms with Crippen molar-refractivity contribution in [3.05, 3.63) is 23.5 Å². The number of ether oxygens (including phenoxy) is 1. The second-order valence-corrected chi connectivity index (χ2v) is 8.84. The Morgan fingerprint density at radius 2 is 2.19 bits per heavy atom. The van der Waals surface area contributed by atoms with E-state index in [0.29, 0.717) is 31.3 Å². The fraction of sp³-hybridized carbons (Fsp3) is 0.696. The number of hydrogen-bond acceptors (Lipinski definition) is 4. The topological polar surface area (TPSA) is 66.8 Å². The summed E-state index contributed by atoms with van der Waals surface area (Å²) in [5.74, 6) is 7.83. The zero-order chi connectivity index (χ0) is 19.2. The molecule has 4 rings (SSSR count). The number of aliphatic hydroxyl groups excluding tert-OH is 1. The van der Waals surface area contributed by atoms with Gasteiger partial charge in [0.25, 0.3) is 0 Å². The van der Waals surface area contributed by atoms with Gasteiger partial charge >= 0.3 is 0 Å². The largest absolute Gasteiger partial charge is 0.498 e. The Labute approximate surface area is 161 Å². The van der Waals surface area contributed by atoms with E-state index in [9.17, 15) is 9.90 Å². The van der Waals surface area contributed by atoms with Crippen molar-refractivity contribution in [1.29, 1.82) is 0 Å². The van der Waals surface area contributed by atoms with Crippen LogP contribution in [0.15, 0.2) is 23.5 Å². The highest BCUT2D eigenvalue weighted by atomic mass is 16.5. The average molecular weight is 370 g/mol. The van der Waals surface area contributed by atoms with E-state index in [4.69, 9.17) is 9.84 Å². The van der Waals surface area contributed by atoms with Gasteiger partial charge in [-0.25, -0.2) is 0 Å². The van der Waals surface area contributed by atoms with Crippen LogP contribution < -0.4 is 0 Å². The Morgan fingerprint density at radius 1 is 1.37 bits per heavy atom. The molecule has 2 fully saturated rings. The van der Waals surface area contributed by atoms with E-state index in [-0.39, 0.29) is 24.2 Å². The van der Waals surface area contributed by atoms with Gasteiger partial charge in [-0.3, -0.25) is 4.79 Å². The van der Waals surface area contributed by atoms with Crippen molar-refractivity contribution in [2.75, 3.05) is 13.2 Å². The third kappa shape index (κ3) is 2.79. The Balaban J connectivity index is 1.66. The Bertz CT molecular complexity index is 754. The number of carbonyl (C=O) groups is 1. The summed E-state index contributed by atoms with van der Waals surface area (Å²) in [6, 6.07) is 0. The smallest absolute Gasteiger partial charge is 0.137 e. The maximum absolute atomic E-state index is 13.3. The van der Waals surface area contributed by atoms with Gasteiger partial charge in [0.05, 0.1) is 12.4 Å². The van der Waals surface area contributed by atoms with Crippen LogP contribution in [-0.4, -0.2) is 34.8 Å². The van der Waals surface area contributed by atoms with Crippen LogP contribution in [0.1, 0.15) is 52.4 Å². The second-order valence-electron chi connectivity index (χ2n) is 8.84. The van der Waals surface area contributed by atoms with E-state index >= 15 is 0 Å². The fourth-order valence-electron chi connectivity index (χ4n) is 6.43. The van der Waals surface area contributed by atoms with Gasteiger partial charge in [0.2, 0.25) is 0 Å². The lowest BCUT2D eigenvalue weighted by Crippen LogP contribution is -2.55. The number of fused-ring (bicyclic) bond motifs is 5. The van der Waals surface area contributed by atoms with Crippen molar-refractivity contribution in [1.82, 2.24) is 0 Å². The lowest BCUT2D eigenvalue weighted by Gasteiger charge is -2.52. The highest BCUT2D eigenvalue weighted by molar-refractivity contribution is 5.84. The third-order valence-electron chi connectivity index (χ3n) is 7.69. The molecule has 0 amide bonds. The molecule has 146 valence electrons. The molecular weight excluding hydrogens is 340 g/mol. The van der Waals surface area contributed by atoms with Gasteiger partial charge < -0.3 is 14.9 Å². The lowest BCUT2D eigenvalue weighted by atomic mass is 9.51. The molecule has 0 bridgehead atoms. The molecule has 4 aliphatic carbocycles. The molecule has 27 heavy (non-hydrogen) atoms. The molecule has 0 aliphatic heterocycles. The van der Waals surface area contributed by atoms with Gasteiger partial charge in [-0.05, 0) is 62.0 Å². The van der Waals surface area contributed by atoms with Crippen LogP contribution in [0.5, 0.6) is 0 Å². The van der Waals surface area contributed by atoms with Gasteiger partial charge in [-0.1, -0.05) is 24.8 Å². The van der Waals surface area contributed by atoms with E-state index in [1.54, 1.807) is 0 Å². The molecule has 0 aromatic rings. The lowest BCUT2D eigenvalue weighted by molar-refractivity contribution is -0.146. The summed E-state index contributed by atoms with van der Waals surface area (Å²) in [4.78, 5) is 13.3.